The number of ether oxygens (including phenoxy) is 1. The minimum absolute atomic E-state index is 0.655. The van der Waals surface area contributed by atoms with Crippen LogP contribution in [-0.2, 0) is 4.74 Å². The highest BCUT2D eigenvalue weighted by molar-refractivity contribution is 5.52. The second-order valence-corrected chi connectivity index (χ2v) is 5.50. The lowest BCUT2D eigenvalue weighted by atomic mass is 10.1. The van der Waals surface area contributed by atoms with Gasteiger partial charge in [-0.3, -0.25) is 4.90 Å². The quantitative estimate of drug-likeness (QED) is 0.809. The number of nitrogens with zero attached hydrogens (tertiary/aromatic N) is 1. The average molecular weight is 243 g/mol. The van der Waals surface area contributed by atoms with Crippen LogP contribution in [0.2, 0.25) is 0 Å². The monoisotopic (exact) mass is 243 g/mol. The lowest BCUT2D eigenvalue weighted by molar-refractivity contribution is -0.00954. The van der Waals surface area contributed by atoms with E-state index in [0.717, 1.165) is 19.8 Å². The molecule has 18 heavy (non-hydrogen) atoms. The van der Waals surface area contributed by atoms with Gasteiger partial charge in [-0.2, -0.15) is 0 Å². The van der Waals surface area contributed by atoms with Gasteiger partial charge in [-0.1, -0.05) is 42.0 Å². The fourth-order valence-electron chi connectivity index (χ4n) is 3.14. The number of morpholine rings is 1. The minimum atomic E-state index is 0.655. The van der Waals surface area contributed by atoms with Gasteiger partial charge in [0.05, 0.1) is 13.2 Å². The molecule has 2 heterocycles. The molecule has 96 valence electrons. The second kappa shape index (κ2) is 5.25. The van der Waals surface area contributed by atoms with Crippen molar-refractivity contribution < 1.29 is 4.74 Å². The first-order valence-electron chi connectivity index (χ1n) is 6.88. The highest BCUT2D eigenvalue weighted by atomic mass is 16.5. The maximum absolute atomic E-state index is 5.63. The molecule has 2 heteroatoms. The highest BCUT2D eigenvalue weighted by Crippen LogP contribution is 2.29. The van der Waals surface area contributed by atoms with Crippen molar-refractivity contribution in [2.24, 2.45) is 0 Å². The molecule has 0 amide bonds. The smallest absolute Gasteiger partial charge is 0.0622 e. The van der Waals surface area contributed by atoms with Gasteiger partial charge < -0.3 is 4.74 Å². The van der Waals surface area contributed by atoms with Crippen LogP contribution in [0.4, 0.5) is 0 Å². The van der Waals surface area contributed by atoms with Crippen molar-refractivity contribution in [2.45, 2.75) is 31.8 Å². The molecule has 3 rings (SSSR count). The Hall–Kier alpha value is -1.12. The van der Waals surface area contributed by atoms with E-state index in [1.54, 1.807) is 0 Å². The van der Waals surface area contributed by atoms with Gasteiger partial charge in [0, 0.05) is 18.6 Å². The Balaban J connectivity index is 1.68. The summed E-state index contributed by atoms with van der Waals surface area (Å²) in [4.78, 5) is 2.64. The van der Waals surface area contributed by atoms with Gasteiger partial charge in [-0.25, -0.2) is 0 Å². The van der Waals surface area contributed by atoms with Gasteiger partial charge in [-0.15, -0.1) is 0 Å². The van der Waals surface area contributed by atoms with Crippen molar-refractivity contribution >= 4 is 6.08 Å². The Kier molecular flexibility index (Phi) is 3.48. The molecule has 0 N–H and O–H groups in total. The van der Waals surface area contributed by atoms with Crippen molar-refractivity contribution in [1.29, 1.82) is 0 Å². The van der Waals surface area contributed by atoms with Gasteiger partial charge >= 0.3 is 0 Å². The zero-order valence-electron chi connectivity index (χ0n) is 11.0. The third kappa shape index (κ3) is 2.50. The van der Waals surface area contributed by atoms with Crippen LogP contribution in [0.15, 0.2) is 35.9 Å². The maximum atomic E-state index is 5.63. The second-order valence-electron chi connectivity index (χ2n) is 5.50. The van der Waals surface area contributed by atoms with Crippen molar-refractivity contribution in [3.63, 3.8) is 0 Å². The SMILES string of the molecule is C/C(=C\c1ccccc1)CN1C2CCC1COC2. The molecule has 1 aromatic carbocycles. The van der Waals surface area contributed by atoms with E-state index in [2.05, 4.69) is 48.2 Å². The molecule has 2 aliphatic rings. The van der Waals surface area contributed by atoms with Crippen molar-refractivity contribution in [3.05, 3.63) is 41.5 Å². The van der Waals surface area contributed by atoms with E-state index in [0.29, 0.717) is 12.1 Å². The summed E-state index contributed by atoms with van der Waals surface area (Å²) in [6, 6.07) is 11.9. The van der Waals surface area contributed by atoms with Gasteiger partial charge in [0.15, 0.2) is 0 Å². The molecule has 1 aromatic rings. The Labute approximate surface area is 109 Å². The molecular formula is C16H21NO. The number of rotatable bonds is 3. The number of hydrogen-bond acceptors (Lipinski definition) is 2. The van der Waals surface area contributed by atoms with E-state index in [9.17, 15) is 0 Å². The topological polar surface area (TPSA) is 12.5 Å². The third-order valence-electron chi connectivity index (χ3n) is 4.04. The first kappa shape index (κ1) is 11.9. The van der Waals surface area contributed by atoms with Crippen LogP contribution in [-0.4, -0.2) is 36.7 Å². The Morgan fingerprint density at radius 1 is 1.22 bits per heavy atom. The third-order valence-corrected chi connectivity index (χ3v) is 4.04. The van der Waals surface area contributed by atoms with Crippen LogP contribution >= 0.6 is 0 Å². The number of hydrogen-bond donors (Lipinski definition) is 0. The predicted molar refractivity (Wildman–Crippen MR) is 74.4 cm³/mol. The van der Waals surface area contributed by atoms with Gasteiger partial charge in [0.25, 0.3) is 0 Å². The summed E-state index contributed by atoms with van der Waals surface area (Å²) in [7, 11) is 0. The van der Waals surface area contributed by atoms with Crippen LogP contribution in [0, 0.1) is 0 Å². The molecule has 2 fully saturated rings. The molecule has 2 unspecified atom stereocenters. The predicted octanol–water partition coefficient (Wildman–Crippen LogP) is 2.95. The molecule has 0 saturated carbocycles. The maximum Gasteiger partial charge on any atom is 0.0622 e. The summed E-state index contributed by atoms with van der Waals surface area (Å²) >= 11 is 0. The average Bonchev–Trinajstić information content (AvgIpc) is 2.62. The Morgan fingerprint density at radius 3 is 2.56 bits per heavy atom. The molecule has 2 saturated heterocycles. The largest absolute Gasteiger partial charge is 0.378 e. The summed E-state index contributed by atoms with van der Waals surface area (Å²) in [6.45, 7) is 5.18. The molecule has 0 radical (unpaired) electrons. The Morgan fingerprint density at radius 2 is 1.89 bits per heavy atom. The lowest BCUT2D eigenvalue weighted by Crippen LogP contribution is -2.46. The zero-order chi connectivity index (χ0) is 12.4. The van der Waals surface area contributed by atoms with Crippen molar-refractivity contribution in [1.82, 2.24) is 4.90 Å². The van der Waals surface area contributed by atoms with Crippen molar-refractivity contribution in [3.8, 4) is 0 Å². The van der Waals surface area contributed by atoms with Crippen LogP contribution in [0.1, 0.15) is 25.3 Å². The molecule has 2 atom stereocenters. The summed E-state index contributed by atoms with van der Waals surface area (Å²) in [5.41, 5.74) is 2.75. The summed E-state index contributed by atoms with van der Waals surface area (Å²) in [5.74, 6) is 0. The molecule has 0 aliphatic carbocycles. The normalized spacial score (nSPS) is 28.6. The molecule has 0 aromatic heterocycles. The first-order chi connectivity index (χ1) is 8.83. The van der Waals surface area contributed by atoms with E-state index in [1.165, 1.54) is 24.0 Å². The fourth-order valence-corrected chi connectivity index (χ4v) is 3.14. The van der Waals surface area contributed by atoms with E-state index in [1.807, 2.05) is 0 Å². The molecule has 2 nitrogen and oxygen atoms in total. The number of fused-ring (bicyclic) bond motifs is 2. The molecule has 2 aliphatic heterocycles. The zero-order valence-corrected chi connectivity index (χ0v) is 11.0. The first-order valence-corrected chi connectivity index (χ1v) is 6.88. The van der Waals surface area contributed by atoms with Gasteiger partial charge in [0.1, 0.15) is 0 Å². The van der Waals surface area contributed by atoms with Gasteiger partial charge in [0.2, 0.25) is 0 Å². The van der Waals surface area contributed by atoms with Crippen LogP contribution in [0.3, 0.4) is 0 Å². The van der Waals surface area contributed by atoms with Crippen molar-refractivity contribution in [2.75, 3.05) is 19.8 Å². The summed E-state index contributed by atoms with van der Waals surface area (Å²) in [5, 5.41) is 0. The minimum Gasteiger partial charge on any atom is -0.378 e. The van der Waals surface area contributed by atoms with E-state index >= 15 is 0 Å². The van der Waals surface area contributed by atoms with Gasteiger partial charge in [-0.05, 0) is 25.3 Å². The molecular weight excluding hydrogens is 222 g/mol. The highest BCUT2D eigenvalue weighted by Gasteiger charge is 2.36. The van der Waals surface area contributed by atoms with E-state index in [4.69, 9.17) is 4.74 Å². The molecule has 0 spiro atoms. The Bertz CT molecular complexity index is 410. The standard InChI is InChI=1S/C16H21NO/c1-13(9-14-5-3-2-4-6-14)10-17-15-7-8-16(17)12-18-11-15/h2-6,9,15-16H,7-8,10-12H2,1H3/b13-9+. The van der Waals surface area contributed by atoms with E-state index in [-0.39, 0.29) is 0 Å². The van der Waals surface area contributed by atoms with Crippen LogP contribution < -0.4 is 0 Å². The number of benzene rings is 1. The van der Waals surface area contributed by atoms with Crippen LogP contribution in [0.5, 0.6) is 0 Å². The lowest BCUT2D eigenvalue weighted by Gasteiger charge is -2.34. The fraction of sp³-hybridized carbons (Fsp3) is 0.500. The van der Waals surface area contributed by atoms with E-state index < -0.39 is 0 Å². The summed E-state index contributed by atoms with van der Waals surface area (Å²) < 4.78 is 5.63. The summed E-state index contributed by atoms with van der Waals surface area (Å²) in [6.07, 6.45) is 4.92. The van der Waals surface area contributed by atoms with Crippen LogP contribution in [0.25, 0.3) is 6.08 Å². The molecule has 2 bridgehead atoms.